The van der Waals surface area contributed by atoms with E-state index in [0.717, 1.165) is 25.7 Å². The summed E-state index contributed by atoms with van der Waals surface area (Å²) in [5, 5.41) is 3.85. The van der Waals surface area contributed by atoms with Gasteiger partial charge in [0.1, 0.15) is 17.4 Å². The Bertz CT molecular complexity index is 1210. The number of anilines is 2. The molecule has 1 aliphatic heterocycles. The first-order valence-electron chi connectivity index (χ1n) is 12.3. The van der Waals surface area contributed by atoms with E-state index in [9.17, 15) is 13.6 Å². The molecule has 0 radical (unpaired) electrons. The summed E-state index contributed by atoms with van der Waals surface area (Å²) in [6.45, 7) is 2.48. The van der Waals surface area contributed by atoms with Crippen molar-refractivity contribution in [3.8, 4) is 5.82 Å². The van der Waals surface area contributed by atoms with Crippen LogP contribution in [0.15, 0.2) is 30.3 Å². The Labute approximate surface area is 216 Å². The summed E-state index contributed by atoms with van der Waals surface area (Å²) in [5.41, 5.74) is 1.06. The van der Waals surface area contributed by atoms with E-state index in [1.807, 2.05) is 0 Å². The lowest BCUT2D eigenvalue weighted by molar-refractivity contribution is -0.117. The Morgan fingerprint density at radius 1 is 1.08 bits per heavy atom. The third kappa shape index (κ3) is 5.51. The van der Waals surface area contributed by atoms with Gasteiger partial charge in [0.15, 0.2) is 5.82 Å². The summed E-state index contributed by atoms with van der Waals surface area (Å²) in [6.07, 6.45) is 1.55. The standard InChI is InChI=1S/C25H29BrF2N6O2/c26-15-18(35)13-16-5-7-17(8-6-16)29-25-31-21(33-9-11-36-12-10-33)14-22(32-25)34-20-4-2-1-3-19(20)30-24(34)23(27)28/h1-4,14,16-17,23H,5-13,15H2,(H,29,31,32). The highest BCUT2D eigenvalue weighted by Gasteiger charge is 2.26. The highest BCUT2D eigenvalue weighted by atomic mass is 79.9. The fourth-order valence-corrected chi connectivity index (χ4v) is 5.29. The number of carbonyl (C=O) groups excluding carboxylic acids is 1. The average molecular weight is 563 g/mol. The Morgan fingerprint density at radius 2 is 1.81 bits per heavy atom. The van der Waals surface area contributed by atoms with E-state index in [1.165, 1.54) is 4.57 Å². The van der Waals surface area contributed by atoms with Crippen LogP contribution in [0.4, 0.5) is 20.5 Å². The Hall–Kier alpha value is -2.66. The minimum atomic E-state index is -2.76. The number of halogens is 3. The van der Waals surface area contributed by atoms with Gasteiger partial charge >= 0.3 is 0 Å². The van der Waals surface area contributed by atoms with Crippen LogP contribution in [0.5, 0.6) is 0 Å². The van der Waals surface area contributed by atoms with E-state index in [1.54, 1.807) is 30.3 Å². The maximum Gasteiger partial charge on any atom is 0.296 e. The lowest BCUT2D eigenvalue weighted by atomic mass is 9.83. The molecule has 1 aliphatic carbocycles. The minimum Gasteiger partial charge on any atom is -0.378 e. The van der Waals surface area contributed by atoms with Crippen LogP contribution >= 0.6 is 15.9 Å². The number of imidazole rings is 1. The van der Waals surface area contributed by atoms with E-state index in [0.29, 0.717) is 72.6 Å². The van der Waals surface area contributed by atoms with Crippen LogP contribution in [-0.2, 0) is 9.53 Å². The molecule has 3 aromatic rings. The predicted molar refractivity (Wildman–Crippen MR) is 137 cm³/mol. The number of para-hydroxylation sites is 2. The van der Waals surface area contributed by atoms with Gasteiger partial charge in [-0.05, 0) is 43.7 Å². The molecule has 0 bridgehead atoms. The number of ether oxygens (including phenoxy) is 1. The van der Waals surface area contributed by atoms with Gasteiger partial charge in [0, 0.05) is 31.6 Å². The number of aromatic nitrogens is 4. The number of nitrogens with zero attached hydrogens (tertiary/aromatic N) is 5. The summed E-state index contributed by atoms with van der Waals surface area (Å²) in [5.74, 6) is 1.72. The van der Waals surface area contributed by atoms with Crippen molar-refractivity contribution in [2.45, 2.75) is 44.6 Å². The second-order valence-electron chi connectivity index (χ2n) is 9.34. The summed E-state index contributed by atoms with van der Waals surface area (Å²) in [6, 6.07) is 8.98. The number of rotatable bonds is 8. The van der Waals surface area contributed by atoms with E-state index in [-0.39, 0.29) is 17.6 Å². The van der Waals surface area contributed by atoms with E-state index >= 15 is 0 Å². The maximum atomic E-state index is 14.0. The van der Waals surface area contributed by atoms with Crippen molar-refractivity contribution in [3.63, 3.8) is 0 Å². The molecule has 2 fully saturated rings. The summed E-state index contributed by atoms with van der Waals surface area (Å²) in [4.78, 5) is 27.5. The molecule has 1 saturated carbocycles. The second-order valence-corrected chi connectivity index (χ2v) is 9.90. The van der Waals surface area contributed by atoms with E-state index in [2.05, 4.69) is 36.1 Å². The first-order valence-corrected chi connectivity index (χ1v) is 13.5. The molecule has 1 N–H and O–H groups in total. The fraction of sp³-hybridized carbons (Fsp3) is 0.520. The third-order valence-corrected chi connectivity index (χ3v) is 7.52. The molecule has 192 valence electrons. The number of hydrogen-bond acceptors (Lipinski definition) is 7. The number of alkyl halides is 3. The fourth-order valence-electron chi connectivity index (χ4n) is 5.06. The van der Waals surface area contributed by atoms with Crippen molar-refractivity contribution in [2.24, 2.45) is 5.92 Å². The maximum absolute atomic E-state index is 14.0. The van der Waals surface area contributed by atoms with Crippen LogP contribution in [-0.4, -0.2) is 63.0 Å². The highest BCUT2D eigenvalue weighted by Crippen LogP contribution is 2.31. The number of fused-ring (bicyclic) bond motifs is 1. The van der Waals surface area contributed by atoms with Gasteiger partial charge in [-0.1, -0.05) is 28.1 Å². The lowest BCUT2D eigenvalue weighted by Crippen LogP contribution is -2.37. The van der Waals surface area contributed by atoms with E-state index in [4.69, 9.17) is 9.72 Å². The van der Waals surface area contributed by atoms with Crippen molar-refractivity contribution in [3.05, 3.63) is 36.2 Å². The molecular formula is C25H29BrF2N6O2. The summed E-state index contributed by atoms with van der Waals surface area (Å²) >= 11 is 3.25. The van der Waals surface area contributed by atoms with Crippen LogP contribution in [0.3, 0.4) is 0 Å². The van der Waals surface area contributed by atoms with Crippen LogP contribution in [0, 0.1) is 5.92 Å². The Morgan fingerprint density at radius 3 is 2.53 bits per heavy atom. The largest absolute Gasteiger partial charge is 0.378 e. The first kappa shape index (κ1) is 25.0. The minimum absolute atomic E-state index is 0.155. The molecule has 0 atom stereocenters. The molecule has 1 aromatic carbocycles. The molecule has 11 heteroatoms. The molecule has 2 aromatic heterocycles. The number of carbonyl (C=O) groups is 1. The second kappa shape index (κ2) is 11.2. The van der Waals surface area contributed by atoms with Gasteiger partial charge in [0.25, 0.3) is 6.43 Å². The van der Waals surface area contributed by atoms with Crippen molar-refractivity contribution < 1.29 is 18.3 Å². The van der Waals surface area contributed by atoms with Gasteiger partial charge in [-0.3, -0.25) is 9.36 Å². The Kier molecular flexibility index (Phi) is 7.76. The predicted octanol–water partition coefficient (Wildman–Crippen LogP) is 4.91. The number of Topliss-reactive ketones (excluding diaryl/α,β-unsaturated/α-hetero) is 1. The van der Waals surface area contributed by atoms with E-state index < -0.39 is 6.43 Å². The lowest BCUT2D eigenvalue weighted by Gasteiger charge is -2.30. The van der Waals surface area contributed by atoms with Crippen molar-refractivity contribution in [2.75, 3.05) is 41.9 Å². The number of ketones is 1. The normalized spacial score (nSPS) is 20.7. The number of nitrogens with one attached hydrogen (secondary N) is 1. The number of benzene rings is 1. The molecule has 0 spiro atoms. The molecule has 3 heterocycles. The molecule has 0 unspecified atom stereocenters. The average Bonchev–Trinajstić information content (AvgIpc) is 3.30. The summed E-state index contributed by atoms with van der Waals surface area (Å²) < 4.78 is 35.0. The molecule has 5 rings (SSSR count). The molecule has 2 aliphatic rings. The zero-order chi connectivity index (χ0) is 25.1. The monoisotopic (exact) mass is 562 g/mol. The van der Waals surface area contributed by atoms with Crippen LogP contribution < -0.4 is 10.2 Å². The van der Waals surface area contributed by atoms with Gasteiger partial charge in [0.05, 0.1) is 29.6 Å². The first-order chi connectivity index (χ1) is 17.5. The molecule has 8 nitrogen and oxygen atoms in total. The zero-order valence-corrected chi connectivity index (χ0v) is 21.5. The van der Waals surface area contributed by atoms with Gasteiger partial charge < -0.3 is 15.0 Å². The highest BCUT2D eigenvalue weighted by molar-refractivity contribution is 9.09. The van der Waals surface area contributed by atoms with Crippen LogP contribution in [0.25, 0.3) is 16.9 Å². The van der Waals surface area contributed by atoms with Crippen molar-refractivity contribution in [1.82, 2.24) is 19.5 Å². The smallest absolute Gasteiger partial charge is 0.296 e. The van der Waals surface area contributed by atoms with Gasteiger partial charge in [-0.25, -0.2) is 13.8 Å². The topological polar surface area (TPSA) is 85.2 Å². The quantitative estimate of drug-likeness (QED) is 0.390. The molecule has 0 amide bonds. The number of hydrogen-bond donors (Lipinski definition) is 1. The van der Waals surface area contributed by atoms with Gasteiger partial charge in [-0.15, -0.1) is 0 Å². The van der Waals surface area contributed by atoms with Crippen LogP contribution in [0.2, 0.25) is 0 Å². The van der Waals surface area contributed by atoms with Gasteiger partial charge in [-0.2, -0.15) is 9.97 Å². The SMILES string of the molecule is O=C(CBr)CC1CCC(Nc2nc(N3CCOCC3)cc(-n3c(C(F)F)nc4ccccc43)n2)CC1. The molecular weight excluding hydrogens is 534 g/mol. The number of morpholine rings is 1. The van der Waals surface area contributed by atoms with Crippen molar-refractivity contribution >= 4 is 44.5 Å². The van der Waals surface area contributed by atoms with Gasteiger partial charge in [0.2, 0.25) is 5.95 Å². The van der Waals surface area contributed by atoms with Crippen molar-refractivity contribution in [1.29, 1.82) is 0 Å². The molecule has 36 heavy (non-hydrogen) atoms. The zero-order valence-electron chi connectivity index (χ0n) is 19.9. The molecule has 1 saturated heterocycles. The summed E-state index contributed by atoms with van der Waals surface area (Å²) in [7, 11) is 0. The Balaban J connectivity index is 1.46. The third-order valence-electron chi connectivity index (χ3n) is 6.89. The van der Waals surface area contributed by atoms with Crippen LogP contribution in [0.1, 0.15) is 44.4 Å².